The van der Waals surface area contributed by atoms with Crippen molar-refractivity contribution in [2.75, 3.05) is 18.9 Å². The Morgan fingerprint density at radius 2 is 2.25 bits per heavy atom. The van der Waals surface area contributed by atoms with E-state index in [4.69, 9.17) is 5.11 Å². The monoisotopic (exact) mass is 323 g/mol. The van der Waals surface area contributed by atoms with Crippen LogP contribution in [0.4, 0.5) is 13.2 Å². The molecule has 8 heteroatoms. The smallest absolute Gasteiger partial charge is 0.395 e. The average molecular weight is 323 g/mol. The number of amides is 1. The molecule has 0 saturated carbocycles. The lowest BCUT2D eigenvalue weighted by atomic mass is 10.2. The highest BCUT2D eigenvalue weighted by molar-refractivity contribution is 8.00. The minimum Gasteiger partial charge on any atom is -0.395 e. The van der Waals surface area contributed by atoms with E-state index in [1.165, 1.54) is 11.3 Å². The first-order chi connectivity index (χ1) is 9.44. The first-order valence-electron chi connectivity index (χ1n) is 5.60. The minimum atomic E-state index is -4.28. The van der Waals surface area contributed by atoms with Crippen molar-refractivity contribution in [2.24, 2.45) is 0 Å². The summed E-state index contributed by atoms with van der Waals surface area (Å²) in [6.07, 6.45) is 0.305. The Labute approximate surface area is 122 Å². The van der Waals surface area contributed by atoms with E-state index in [0.717, 1.165) is 0 Å². The highest BCUT2D eigenvalue weighted by Gasteiger charge is 2.27. The molecule has 0 saturated heterocycles. The van der Waals surface area contributed by atoms with Crippen LogP contribution in [0.3, 0.4) is 0 Å². The van der Waals surface area contributed by atoms with Gasteiger partial charge in [-0.05, 0) is 23.2 Å². The summed E-state index contributed by atoms with van der Waals surface area (Å²) >= 11 is 1.000. The van der Waals surface area contributed by atoms with Crippen molar-refractivity contribution >= 4 is 29.0 Å². The predicted octanol–water partition coefficient (Wildman–Crippen LogP) is 2.46. The molecule has 1 heterocycles. The number of halogens is 3. The molecule has 1 amide bonds. The molecule has 0 fully saturated rings. The molecule has 0 aliphatic rings. The third-order valence-corrected chi connectivity index (χ3v) is 3.63. The number of thioether (sulfide) groups is 1. The summed E-state index contributed by atoms with van der Waals surface area (Å²) in [5.74, 6) is 4.77. The van der Waals surface area contributed by atoms with Crippen molar-refractivity contribution in [3.63, 3.8) is 0 Å². The largest absolute Gasteiger partial charge is 0.441 e. The second kappa shape index (κ2) is 8.19. The second-order valence-electron chi connectivity index (χ2n) is 3.49. The standard InChI is InChI=1S/C12H12F3NO2S2/c13-12(14,15)20-8-5-16-11(18)10-9(4-7-19-10)3-1-2-6-17/h4,7,17H,2,5-6,8H2,(H,16,18). The van der Waals surface area contributed by atoms with Crippen molar-refractivity contribution < 1.29 is 23.1 Å². The molecule has 0 unspecified atom stereocenters. The lowest BCUT2D eigenvalue weighted by Crippen LogP contribution is -2.26. The van der Waals surface area contributed by atoms with Gasteiger partial charge in [-0.2, -0.15) is 13.2 Å². The summed E-state index contributed by atoms with van der Waals surface area (Å²) in [6, 6.07) is 1.66. The average Bonchev–Trinajstić information content (AvgIpc) is 2.82. The number of alkyl halides is 3. The fraction of sp³-hybridized carbons (Fsp3) is 0.417. The van der Waals surface area contributed by atoms with Crippen LogP contribution < -0.4 is 5.32 Å². The Bertz CT molecular complexity index is 503. The molecule has 1 aromatic rings. The van der Waals surface area contributed by atoms with Gasteiger partial charge in [0.05, 0.1) is 6.61 Å². The second-order valence-corrected chi connectivity index (χ2v) is 5.56. The van der Waals surface area contributed by atoms with E-state index in [2.05, 4.69) is 17.2 Å². The van der Waals surface area contributed by atoms with Crippen molar-refractivity contribution in [3.8, 4) is 11.8 Å². The Morgan fingerprint density at radius 1 is 1.50 bits per heavy atom. The van der Waals surface area contributed by atoms with Crippen LogP contribution >= 0.6 is 23.1 Å². The number of carbonyl (C=O) groups excluding carboxylic acids is 1. The van der Waals surface area contributed by atoms with Gasteiger partial charge in [-0.1, -0.05) is 11.8 Å². The van der Waals surface area contributed by atoms with Crippen molar-refractivity contribution in [1.82, 2.24) is 5.32 Å². The number of nitrogens with one attached hydrogen (secondary N) is 1. The number of hydrogen-bond donors (Lipinski definition) is 2. The first-order valence-corrected chi connectivity index (χ1v) is 7.46. The highest BCUT2D eigenvalue weighted by atomic mass is 32.2. The third-order valence-electron chi connectivity index (χ3n) is 1.98. The molecule has 1 aromatic heterocycles. The molecule has 1 rings (SSSR count). The van der Waals surface area contributed by atoms with Gasteiger partial charge in [0.15, 0.2) is 0 Å². The molecular formula is C12H12F3NO2S2. The summed E-state index contributed by atoms with van der Waals surface area (Å²) in [5, 5.41) is 12.7. The van der Waals surface area contributed by atoms with Crippen LogP contribution in [0.25, 0.3) is 0 Å². The first kappa shape index (κ1) is 16.9. The van der Waals surface area contributed by atoms with Crippen LogP contribution in [0.2, 0.25) is 0 Å². The Morgan fingerprint density at radius 3 is 2.90 bits per heavy atom. The maximum Gasteiger partial charge on any atom is 0.441 e. The fourth-order valence-corrected chi connectivity index (χ4v) is 2.41. The maximum atomic E-state index is 11.9. The summed E-state index contributed by atoms with van der Waals surface area (Å²) in [5.41, 5.74) is -3.77. The van der Waals surface area contributed by atoms with E-state index in [-0.39, 0.29) is 30.7 Å². The molecule has 2 N–H and O–H groups in total. The Balaban J connectivity index is 2.48. The van der Waals surface area contributed by atoms with Crippen LogP contribution in [0.15, 0.2) is 11.4 Å². The molecule has 0 atom stereocenters. The lowest BCUT2D eigenvalue weighted by Gasteiger charge is -2.06. The molecule has 20 heavy (non-hydrogen) atoms. The van der Waals surface area contributed by atoms with E-state index in [1.807, 2.05) is 0 Å². The lowest BCUT2D eigenvalue weighted by molar-refractivity contribution is -0.0327. The van der Waals surface area contributed by atoms with Gasteiger partial charge in [0.2, 0.25) is 0 Å². The van der Waals surface area contributed by atoms with E-state index in [1.54, 1.807) is 11.4 Å². The Kier molecular flexibility index (Phi) is 6.91. The summed E-state index contributed by atoms with van der Waals surface area (Å²) in [7, 11) is 0. The van der Waals surface area contributed by atoms with E-state index < -0.39 is 11.4 Å². The molecule has 0 radical (unpaired) electrons. The molecule has 110 valence electrons. The zero-order valence-electron chi connectivity index (χ0n) is 10.3. The van der Waals surface area contributed by atoms with Gasteiger partial charge in [-0.3, -0.25) is 4.79 Å². The maximum absolute atomic E-state index is 11.9. The molecule has 0 spiro atoms. The topological polar surface area (TPSA) is 49.3 Å². The zero-order valence-corrected chi connectivity index (χ0v) is 11.9. The summed E-state index contributed by atoms with van der Waals surface area (Å²) in [4.78, 5) is 12.1. The van der Waals surface area contributed by atoms with Gasteiger partial charge >= 0.3 is 5.51 Å². The highest BCUT2D eigenvalue weighted by Crippen LogP contribution is 2.29. The third kappa shape index (κ3) is 6.32. The number of carbonyl (C=O) groups is 1. The molecule has 0 aromatic carbocycles. The zero-order chi connectivity index (χ0) is 15.0. The molecular weight excluding hydrogens is 311 g/mol. The molecule has 3 nitrogen and oxygen atoms in total. The van der Waals surface area contributed by atoms with Crippen LogP contribution in [-0.2, 0) is 0 Å². The van der Waals surface area contributed by atoms with Crippen LogP contribution in [0, 0.1) is 11.8 Å². The van der Waals surface area contributed by atoms with Gasteiger partial charge in [0, 0.05) is 24.3 Å². The van der Waals surface area contributed by atoms with Crippen LogP contribution in [0.1, 0.15) is 21.7 Å². The normalized spacial score (nSPS) is 10.8. The Hall–Kier alpha value is -1.17. The number of hydrogen-bond acceptors (Lipinski definition) is 4. The summed E-state index contributed by atoms with van der Waals surface area (Å²) < 4.78 is 35.7. The van der Waals surface area contributed by atoms with E-state index in [0.29, 0.717) is 16.9 Å². The molecule has 0 bridgehead atoms. The number of aliphatic hydroxyl groups is 1. The number of thiophene rings is 1. The van der Waals surface area contributed by atoms with E-state index in [9.17, 15) is 18.0 Å². The number of aliphatic hydroxyl groups excluding tert-OH is 1. The predicted molar refractivity (Wildman–Crippen MR) is 73.7 cm³/mol. The van der Waals surface area contributed by atoms with Gasteiger partial charge in [0.1, 0.15) is 4.88 Å². The number of rotatable bonds is 5. The molecule has 0 aliphatic carbocycles. The van der Waals surface area contributed by atoms with Gasteiger partial charge in [-0.15, -0.1) is 11.3 Å². The van der Waals surface area contributed by atoms with Crippen LogP contribution in [-0.4, -0.2) is 35.4 Å². The van der Waals surface area contributed by atoms with Gasteiger partial charge in [0.25, 0.3) is 5.91 Å². The van der Waals surface area contributed by atoms with Crippen LogP contribution in [0.5, 0.6) is 0 Å². The SMILES string of the molecule is O=C(NCCSC(F)(F)F)c1sccc1C#CCCO. The molecule has 0 aliphatic heterocycles. The quantitative estimate of drug-likeness (QED) is 0.646. The summed E-state index contributed by atoms with van der Waals surface area (Å²) in [6.45, 7) is -0.127. The van der Waals surface area contributed by atoms with Crippen molar-refractivity contribution in [3.05, 3.63) is 21.9 Å². The minimum absolute atomic E-state index is 0.0622. The van der Waals surface area contributed by atoms with Gasteiger partial charge < -0.3 is 10.4 Å². The van der Waals surface area contributed by atoms with E-state index >= 15 is 0 Å². The van der Waals surface area contributed by atoms with Crippen molar-refractivity contribution in [1.29, 1.82) is 0 Å². The fourth-order valence-electron chi connectivity index (χ4n) is 1.21. The van der Waals surface area contributed by atoms with Gasteiger partial charge in [-0.25, -0.2) is 0 Å². The van der Waals surface area contributed by atoms with Crippen molar-refractivity contribution in [2.45, 2.75) is 11.9 Å².